The minimum Gasteiger partial charge on any atom is -0.507 e. The van der Waals surface area contributed by atoms with Crippen molar-refractivity contribution in [2.45, 2.75) is 6.42 Å². The van der Waals surface area contributed by atoms with Crippen molar-refractivity contribution in [2.24, 2.45) is 5.10 Å². The second kappa shape index (κ2) is 6.98. The van der Waals surface area contributed by atoms with E-state index in [-0.39, 0.29) is 18.1 Å². The number of aromatic hydroxyl groups is 1. The molecule has 0 saturated heterocycles. The average molecular weight is 405 g/mol. The highest BCUT2D eigenvalue weighted by Crippen LogP contribution is 2.24. The van der Waals surface area contributed by atoms with Gasteiger partial charge in [0.1, 0.15) is 5.75 Å². The molecule has 1 aromatic heterocycles. The zero-order valence-electron chi connectivity index (χ0n) is 12.4. The zero-order valence-corrected chi connectivity index (χ0v) is 14.8. The van der Waals surface area contributed by atoms with Gasteiger partial charge in [-0.05, 0) is 35.9 Å². The van der Waals surface area contributed by atoms with Gasteiger partial charge in [0, 0.05) is 10.0 Å². The monoisotopic (exact) mass is 404 g/mol. The van der Waals surface area contributed by atoms with E-state index in [1.165, 1.54) is 17.6 Å². The summed E-state index contributed by atoms with van der Waals surface area (Å²) in [5.41, 5.74) is 10.3. The normalized spacial score (nSPS) is 11.2. The topological polar surface area (TPSA) is 101 Å². The van der Waals surface area contributed by atoms with Gasteiger partial charge < -0.3 is 10.8 Å². The number of aromatic nitrogens is 1. The Labute approximate surface area is 150 Å². The zero-order chi connectivity index (χ0) is 17.1. The number of benzene rings is 2. The van der Waals surface area contributed by atoms with Crippen LogP contribution in [0, 0.1) is 0 Å². The Bertz CT molecular complexity index is 939. The van der Waals surface area contributed by atoms with Crippen molar-refractivity contribution in [3.63, 3.8) is 0 Å². The van der Waals surface area contributed by atoms with Crippen LogP contribution >= 0.6 is 27.3 Å². The molecular weight excluding hydrogens is 392 g/mol. The van der Waals surface area contributed by atoms with Crippen LogP contribution in [-0.2, 0) is 11.2 Å². The fourth-order valence-electron chi connectivity index (χ4n) is 2.12. The Morgan fingerprint density at radius 3 is 3.04 bits per heavy atom. The number of rotatable bonds is 4. The van der Waals surface area contributed by atoms with Crippen molar-refractivity contribution < 1.29 is 9.90 Å². The maximum Gasteiger partial charge on any atom is 0.244 e. The van der Waals surface area contributed by atoms with E-state index in [0.29, 0.717) is 10.7 Å². The predicted octanol–water partition coefficient (Wildman–Crippen LogP) is 3.04. The molecule has 0 fully saturated rings. The Balaban J connectivity index is 1.64. The molecular formula is C16H13BrN4O2S. The molecule has 0 unspecified atom stereocenters. The van der Waals surface area contributed by atoms with Crippen LogP contribution in [0.3, 0.4) is 0 Å². The Hall–Kier alpha value is -2.45. The third kappa shape index (κ3) is 3.90. The number of phenols is 1. The van der Waals surface area contributed by atoms with Crippen LogP contribution in [-0.4, -0.2) is 22.2 Å². The number of fused-ring (bicyclic) bond motifs is 1. The van der Waals surface area contributed by atoms with Gasteiger partial charge in [-0.25, -0.2) is 10.4 Å². The third-order valence-electron chi connectivity index (χ3n) is 3.22. The smallest absolute Gasteiger partial charge is 0.244 e. The molecule has 3 rings (SSSR count). The van der Waals surface area contributed by atoms with E-state index in [9.17, 15) is 9.90 Å². The molecule has 6 nitrogen and oxygen atoms in total. The molecule has 2 aromatic carbocycles. The number of nitrogens with two attached hydrogens (primary N) is 1. The van der Waals surface area contributed by atoms with Crippen molar-refractivity contribution in [3.8, 4) is 5.75 Å². The van der Waals surface area contributed by atoms with Crippen molar-refractivity contribution >= 4 is 54.7 Å². The number of anilines is 1. The van der Waals surface area contributed by atoms with Crippen LogP contribution < -0.4 is 11.2 Å². The molecule has 0 bridgehead atoms. The van der Waals surface area contributed by atoms with E-state index >= 15 is 0 Å². The molecule has 1 heterocycles. The molecule has 4 N–H and O–H groups in total. The fraction of sp³-hybridized carbons (Fsp3) is 0.0625. The second-order valence-corrected chi connectivity index (χ2v) is 7.01. The number of amides is 1. The molecule has 0 aliphatic rings. The van der Waals surface area contributed by atoms with Crippen LogP contribution in [0.2, 0.25) is 0 Å². The number of phenolic OH excluding ortho intramolecular Hbond substituents is 1. The van der Waals surface area contributed by atoms with E-state index < -0.39 is 0 Å². The lowest BCUT2D eigenvalue weighted by Gasteiger charge is -2.02. The molecule has 0 radical (unpaired) electrons. The summed E-state index contributed by atoms with van der Waals surface area (Å²) in [7, 11) is 0. The number of hydrogen-bond acceptors (Lipinski definition) is 6. The predicted molar refractivity (Wildman–Crippen MR) is 99.3 cm³/mol. The van der Waals surface area contributed by atoms with Gasteiger partial charge in [-0.15, -0.1) is 0 Å². The van der Waals surface area contributed by atoms with Gasteiger partial charge in [-0.1, -0.05) is 33.3 Å². The molecule has 24 heavy (non-hydrogen) atoms. The van der Waals surface area contributed by atoms with E-state index in [4.69, 9.17) is 5.73 Å². The lowest BCUT2D eigenvalue weighted by Crippen LogP contribution is -2.19. The number of carbonyl (C=O) groups is 1. The SMILES string of the molecule is Nc1nc2ccc(CC(=O)N/N=C\c3cc(Br)ccc3O)cc2s1. The molecule has 1 amide bonds. The highest BCUT2D eigenvalue weighted by Gasteiger charge is 2.06. The first kappa shape index (κ1) is 16.4. The van der Waals surface area contributed by atoms with E-state index in [2.05, 4.69) is 31.4 Å². The average Bonchev–Trinajstić information content (AvgIpc) is 2.90. The molecule has 0 spiro atoms. The summed E-state index contributed by atoms with van der Waals surface area (Å²) >= 11 is 4.69. The summed E-state index contributed by atoms with van der Waals surface area (Å²) in [5.74, 6) is -0.165. The first-order valence-corrected chi connectivity index (χ1v) is 8.57. The Morgan fingerprint density at radius 2 is 2.21 bits per heavy atom. The molecule has 122 valence electrons. The first-order chi connectivity index (χ1) is 11.5. The van der Waals surface area contributed by atoms with Gasteiger partial charge in [0.05, 0.1) is 22.9 Å². The van der Waals surface area contributed by atoms with Gasteiger partial charge >= 0.3 is 0 Å². The number of hydrazone groups is 1. The van der Waals surface area contributed by atoms with Crippen molar-refractivity contribution in [3.05, 3.63) is 52.0 Å². The van der Waals surface area contributed by atoms with Crippen LogP contribution in [0.25, 0.3) is 10.2 Å². The Morgan fingerprint density at radius 1 is 1.38 bits per heavy atom. The van der Waals surface area contributed by atoms with E-state index in [1.807, 2.05) is 18.2 Å². The number of halogens is 1. The first-order valence-electron chi connectivity index (χ1n) is 6.96. The molecule has 0 aliphatic heterocycles. The van der Waals surface area contributed by atoms with Crippen LogP contribution in [0.1, 0.15) is 11.1 Å². The summed E-state index contributed by atoms with van der Waals surface area (Å²) in [6.45, 7) is 0. The number of nitrogens with zero attached hydrogens (tertiary/aromatic N) is 2. The van der Waals surface area contributed by atoms with Crippen molar-refractivity contribution in [2.75, 3.05) is 5.73 Å². The standard InChI is InChI=1S/C16H13BrN4O2S/c17-11-2-4-13(22)10(7-11)8-19-21-15(23)6-9-1-3-12-14(5-9)24-16(18)20-12/h1-5,7-8,22H,6H2,(H2,18,20)(H,21,23)/b19-8-. The minimum atomic E-state index is -0.252. The largest absolute Gasteiger partial charge is 0.507 e. The van der Waals surface area contributed by atoms with E-state index in [1.54, 1.807) is 18.2 Å². The highest BCUT2D eigenvalue weighted by molar-refractivity contribution is 9.10. The van der Waals surface area contributed by atoms with Gasteiger partial charge in [-0.3, -0.25) is 4.79 Å². The van der Waals surface area contributed by atoms with Gasteiger partial charge in [0.15, 0.2) is 5.13 Å². The summed E-state index contributed by atoms with van der Waals surface area (Å²) < 4.78 is 1.76. The summed E-state index contributed by atoms with van der Waals surface area (Å²) in [5, 5.41) is 14.1. The maximum absolute atomic E-state index is 12.0. The molecule has 0 aliphatic carbocycles. The second-order valence-electron chi connectivity index (χ2n) is 5.03. The van der Waals surface area contributed by atoms with Crippen molar-refractivity contribution in [1.29, 1.82) is 0 Å². The molecule has 8 heteroatoms. The lowest BCUT2D eigenvalue weighted by atomic mass is 10.1. The highest BCUT2D eigenvalue weighted by atomic mass is 79.9. The van der Waals surface area contributed by atoms with Crippen molar-refractivity contribution in [1.82, 2.24) is 10.4 Å². The fourth-order valence-corrected chi connectivity index (χ4v) is 3.30. The molecule has 0 saturated carbocycles. The number of hydrogen-bond donors (Lipinski definition) is 3. The van der Waals surface area contributed by atoms with Crippen LogP contribution in [0.15, 0.2) is 46.0 Å². The Kier molecular flexibility index (Phi) is 4.77. The summed E-state index contributed by atoms with van der Waals surface area (Å²) in [4.78, 5) is 16.1. The minimum absolute atomic E-state index is 0.0874. The quantitative estimate of drug-likeness (QED) is 0.459. The molecule has 0 atom stereocenters. The van der Waals surface area contributed by atoms with Crippen LogP contribution in [0.5, 0.6) is 5.75 Å². The van der Waals surface area contributed by atoms with Gasteiger partial charge in [-0.2, -0.15) is 5.10 Å². The lowest BCUT2D eigenvalue weighted by molar-refractivity contribution is -0.120. The van der Waals surface area contributed by atoms with Gasteiger partial charge in [0.25, 0.3) is 0 Å². The number of nitrogen functional groups attached to an aromatic ring is 1. The molecule has 3 aromatic rings. The third-order valence-corrected chi connectivity index (χ3v) is 4.56. The summed E-state index contributed by atoms with van der Waals surface area (Å²) in [6.07, 6.45) is 1.58. The number of nitrogens with one attached hydrogen (secondary N) is 1. The van der Waals surface area contributed by atoms with Gasteiger partial charge in [0.2, 0.25) is 5.91 Å². The maximum atomic E-state index is 12.0. The number of carbonyl (C=O) groups excluding carboxylic acids is 1. The number of thiazole rings is 1. The van der Waals surface area contributed by atoms with Crippen LogP contribution in [0.4, 0.5) is 5.13 Å². The summed E-state index contributed by atoms with van der Waals surface area (Å²) in [6, 6.07) is 10.5. The van der Waals surface area contributed by atoms with E-state index in [0.717, 1.165) is 20.3 Å².